The highest BCUT2D eigenvalue weighted by Gasteiger charge is 2.53. The maximum atomic E-state index is 14.4. The Balaban J connectivity index is 1.70. The van der Waals surface area contributed by atoms with Crippen LogP contribution in [0, 0.1) is 35.5 Å². The third-order valence-electron chi connectivity index (χ3n) is 14.7. The number of piperidine rings is 1. The molecule has 0 aromatic carbocycles. The minimum atomic E-state index is -4.79. The molecule has 0 radical (unpaired) electrons. The lowest BCUT2D eigenvalue weighted by molar-refractivity contribution is -0.265. The molecule has 2 unspecified atom stereocenters. The number of amides is 1. The zero-order valence-corrected chi connectivity index (χ0v) is 43.2. The Kier molecular flexibility index (Phi) is 22.4. The number of phosphoric ester groups is 1. The average Bonchev–Trinajstić information content (AvgIpc) is 3.30. The normalized spacial score (nSPS) is 39.0. The number of ether oxygens (including phenoxy) is 5. The van der Waals surface area contributed by atoms with Gasteiger partial charge in [0, 0.05) is 58.5 Å². The molecule has 1 amide bonds. The van der Waals surface area contributed by atoms with Crippen LogP contribution in [-0.2, 0) is 56.7 Å². The SMILES string of the molecule is COC1C[C@@H]2CC[C@@H](C)[C@@](O)(O2)C(=O)C(=O)N2CCCC[C@H]2C(=O)O[C@H]([C@H](C)C[C@@H]2CC[C@@H](OP(=O)(O)O)[C@H](OC)C2)CC(=O)[C@H](C)/C=C(\C)[C@@H](O)C(OC)C(=O)[C@H](C)C[C@H](C)/C=C/C=C/C=C/1C. The Morgan fingerprint density at radius 1 is 0.855 bits per heavy atom. The van der Waals surface area contributed by atoms with Gasteiger partial charge in [-0.15, -0.1) is 0 Å². The van der Waals surface area contributed by atoms with Crippen molar-refractivity contribution in [3.8, 4) is 0 Å². The van der Waals surface area contributed by atoms with Gasteiger partial charge in [-0.1, -0.05) is 71.1 Å². The summed E-state index contributed by atoms with van der Waals surface area (Å²) in [4.78, 5) is 91.0. The van der Waals surface area contributed by atoms with Crippen LogP contribution in [-0.4, -0.2) is 137 Å². The molecule has 3 aliphatic heterocycles. The fourth-order valence-corrected chi connectivity index (χ4v) is 11.0. The molecule has 1 aliphatic carbocycles. The number of allylic oxidation sites excluding steroid dienone is 6. The highest BCUT2D eigenvalue weighted by molar-refractivity contribution is 7.46. The summed E-state index contributed by atoms with van der Waals surface area (Å²) in [5.41, 5.74) is 1.20. The largest absolute Gasteiger partial charge is 0.469 e. The van der Waals surface area contributed by atoms with Crippen LogP contribution >= 0.6 is 7.82 Å². The number of hydrogen-bond donors (Lipinski definition) is 4. The number of hydrogen-bond acceptors (Lipinski definition) is 14. The van der Waals surface area contributed by atoms with Crippen LogP contribution < -0.4 is 0 Å². The number of carbonyl (C=O) groups excluding carboxylic acids is 5. The predicted molar refractivity (Wildman–Crippen MR) is 256 cm³/mol. The molecular formula is C51H80NO16P. The summed E-state index contributed by atoms with van der Waals surface area (Å²) in [6.07, 6.45) is 9.10. The summed E-state index contributed by atoms with van der Waals surface area (Å²) in [6.45, 7) is 12.5. The van der Waals surface area contributed by atoms with Crippen molar-refractivity contribution in [3.05, 3.63) is 47.6 Å². The average molecular weight is 994 g/mol. The van der Waals surface area contributed by atoms with Crippen LogP contribution in [0.25, 0.3) is 0 Å². The quantitative estimate of drug-likeness (QED) is 0.0903. The molecule has 0 spiro atoms. The minimum absolute atomic E-state index is 0.00646. The first-order valence-corrected chi connectivity index (χ1v) is 26.2. The number of esters is 1. The number of aliphatic hydroxyl groups excluding tert-OH is 1. The zero-order valence-electron chi connectivity index (χ0n) is 42.3. The summed E-state index contributed by atoms with van der Waals surface area (Å²) in [6, 6.07) is -1.20. The Hall–Kier alpha value is -3.22. The number of nitrogens with zero attached hydrogens (tertiary/aromatic N) is 1. The molecule has 0 aromatic heterocycles. The molecule has 390 valence electrons. The van der Waals surface area contributed by atoms with Crippen LogP contribution in [0.2, 0.25) is 0 Å². The van der Waals surface area contributed by atoms with Crippen molar-refractivity contribution in [3.63, 3.8) is 0 Å². The Morgan fingerprint density at radius 3 is 2.22 bits per heavy atom. The highest BCUT2D eigenvalue weighted by Crippen LogP contribution is 2.44. The second-order valence-electron chi connectivity index (χ2n) is 20.2. The first-order chi connectivity index (χ1) is 32.4. The number of rotatable bonds is 8. The highest BCUT2D eigenvalue weighted by atomic mass is 31.2. The lowest BCUT2D eigenvalue weighted by Crippen LogP contribution is -2.61. The molecule has 2 saturated heterocycles. The molecule has 18 heteroatoms. The van der Waals surface area contributed by atoms with Crippen LogP contribution in [0.4, 0.5) is 0 Å². The van der Waals surface area contributed by atoms with Crippen molar-refractivity contribution < 1.29 is 76.7 Å². The van der Waals surface area contributed by atoms with E-state index in [9.17, 15) is 48.5 Å². The zero-order chi connectivity index (χ0) is 51.4. The van der Waals surface area contributed by atoms with Crippen molar-refractivity contribution >= 4 is 37.0 Å². The number of aliphatic hydroxyl groups is 2. The van der Waals surface area contributed by atoms with E-state index in [-0.39, 0.29) is 49.2 Å². The first kappa shape index (κ1) is 58.4. The van der Waals surface area contributed by atoms with E-state index in [0.717, 1.165) is 10.5 Å². The van der Waals surface area contributed by atoms with Gasteiger partial charge in [-0.3, -0.25) is 23.7 Å². The van der Waals surface area contributed by atoms with Crippen LogP contribution in [0.3, 0.4) is 0 Å². The van der Waals surface area contributed by atoms with Gasteiger partial charge in [-0.25, -0.2) is 9.36 Å². The fraction of sp³-hybridized carbons (Fsp3) is 0.745. The topological polar surface area (TPSA) is 242 Å². The molecule has 3 fully saturated rings. The van der Waals surface area contributed by atoms with Crippen molar-refractivity contribution in [2.75, 3.05) is 27.9 Å². The molecule has 2 bridgehead atoms. The molecular weight excluding hydrogens is 914 g/mol. The number of Topliss-reactive ketones (excluding diaryl/α,β-unsaturated/α-hetero) is 3. The van der Waals surface area contributed by atoms with Crippen LogP contribution in [0.5, 0.6) is 0 Å². The third kappa shape index (κ3) is 16.1. The number of methoxy groups -OCH3 is 3. The van der Waals surface area contributed by atoms with Crippen LogP contribution in [0.1, 0.15) is 126 Å². The Labute approximate surface area is 408 Å². The van der Waals surface area contributed by atoms with Gasteiger partial charge in [0.05, 0.1) is 24.4 Å². The number of carbonyl (C=O) groups is 5. The monoisotopic (exact) mass is 994 g/mol. The van der Waals surface area contributed by atoms with E-state index in [0.29, 0.717) is 63.4 Å². The second-order valence-corrected chi connectivity index (χ2v) is 21.3. The summed E-state index contributed by atoms with van der Waals surface area (Å²) in [5, 5.41) is 23.4. The first-order valence-electron chi connectivity index (χ1n) is 24.7. The maximum Gasteiger partial charge on any atom is 0.469 e. The van der Waals surface area contributed by atoms with E-state index >= 15 is 0 Å². The lowest BCUT2D eigenvalue weighted by Gasteiger charge is -2.42. The van der Waals surface area contributed by atoms with Gasteiger partial charge >= 0.3 is 13.8 Å². The van der Waals surface area contributed by atoms with Gasteiger partial charge < -0.3 is 48.6 Å². The molecule has 1 saturated carbocycles. The molecule has 69 heavy (non-hydrogen) atoms. The lowest BCUT2D eigenvalue weighted by atomic mass is 9.78. The van der Waals surface area contributed by atoms with E-state index in [1.54, 1.807) is 40.9 Å². The molecule has 0 aromatic rings. The molecule has 4 N–H and O–H groups in total. The minimum Gasteiger partial charge on any atom is -0.460 e. The van der Waals surface area contributed by atoms with E-state index in [1.807, 2.05) is 51.2 Å². The summed E-state index contributed by atoms with van der Waals surface area (Å²) < 4.78 is 46.1. The van der Waals surface area contributed by atoms with E-state index in [1.165, 1.54) is 14.2 Å². The van der Waals surface area contributed by atoms with Crippen molar-refractivity contribution in [2.45, 2.75) is 180 Å². The van der Waals surface area contributed by atoms with Gasteiger partial charge in [0.25, 0.3) is 11.7 Å². The van der Waals surface area contributed by atoms with Gasteiger partial charge in [-0.2, -0.15) is 0 Å². The molecule has 17 nitrogen and oxygen atoms in total. The van der Waals surface area contributed by atoms with Gasteiger partial charge in [-0.05, 0) is 107 Å². The molecule has 15 atom stereocenters. The van der Waals surface area contributed by atoms with Crippen molar-refractivity contribution in [1.82, 2.24) is 4.90 Å². The Bertz CT molecular complexity index is 1940. The van der Waals surface area contributed by atoms with E-state index in [2.05, 4.69) is 0 Å². The molecule has 4 aliphatic rings. The predicted octanol–water partition coefficient (Wildman–Crippen LogP) is 6.30. The Morgan fingerprint density at radius 2 is 1.57 bits per heavy atom. The van der Waals surface area contributed by atoms with Gasteiger partial charge in [0.2, 0.25) is 5.79 Å². The number of ketones is 3. The molecule has 4 rings (SSSR count). The maximum absolute atomic E-state index is 14.4. The molecule has 3 heterocycles. The fourth-order valence-electron chi connectivity index (χ4n) is 10.4. The second kappa shape index (κ2) is 26.5. The number of fused-ring (bicyclic) bond motifs is 3. The van der Waals surface area contributed by atoms with E-state index < -0.39 is 104 Å². The summed E-state index contributed by atoms with van der Waals surface area (Å²) >= 11 is 0. The van der Waals surface area contributed by atoms with Gasteiger partial charge in [0.1, 0.15) is 30.1 Å². The summed E-state index contributed by atoms with van der Waals surface area (Å²) in [5.74, 6) is -8.71. The number of phosphoric acid groups is 1. The third-order valence-corrected chi connectivity index (χ3v) is 15.3. The van der Waals surface area contributed by atoms with Crippen LogP contribution in [0.15, 0.2) is 47.6 Å². The van der Waals surface area contributed by atoms with Crippen molar-refractivity contribution in [1.29, 1.82) is 0 Å². The standard InChI is InChI=1S/C51H80NO16P/c1-30-16-12-11-13-17-31(2)42(63-8)28-38-21-19-36(7)51(59,67-38)48(56)49(57)52-23-15-14-18-39(52)50(58)66-43(33(4)26-37-20-22-41(44(27-37)64-9)68-69(60,61)62)29-40(53)32(3)25-35(6)46(55)47(65-10)45(54)34(5)24-30/h11-13,16-17,25,30,32-34,36-39,41-44,46-47,55,59H,14-15,18-24,26-29H2,1-10H3,(H2,60,61,62)/b13-11+,16-12+,31-17+,35-25+/t30-,32-,33-,34-,36-,37+,38+,39+,41-,42?,43+,44-,46-,47?,51-/m1/s1. The van der Waals surface area contributed by atoms with Crippen molar-refractivity contribution in [2.24, 2.45) is 35.5 Å². The van der Waals surface area contributed by atoms with Gasteiger partial charge in [0.15, 0.2) is 5.78 Å². The van der Waals surface area contributed by atoms with E-state index in [4.69, 9.17) is 28.2 Å². The summed E-state index contributed by atoms with van der Waals surface area (Å²) in [7, 11) is -0.442. The number of cyclic esters (lactones) is 1. The smallest absolute Gasteiger partial charge is 0.460 e.